The fourth-order valence-corrected chi connectivity index (χ4v) is 2.36. The number of hydrogen-bond acceptors (Lipinski definition) is 3. The molecule has 4 nitrogen and oxygen atoms in total. The van der Waals surface area contributed by atoms with Crippen LogP contribution in [-0.2, 0) is 0 Å². The monoisotopic (exact) mass is 291 g/mol. The van der Waals surface area contributed by atoms with Gasteiger partial charge in [0.2, 0.25) is 0 Å². The summed E-state index contributed by atoms with van der Waals surface area (Å²) in [5.74, 6) is 1.04. The van der Waals surface area contributed by atoms with Crippen molar-refractivity contribution >= 4 is 5.91 Å². The van der Waals surface area contributed by atoms with E-state index >= 15 is 0 Å². The number of nitrogens with one attached hydrogen (secondary N) is 1. The Morgan fingerprint density at radius 3 is 2.57 bits per heavy atom. The summed E-state index contributed by atoms with van der Waals surface area (Å²) < 4.78 is 5.58. The minimum Gasteiger partial charge on any atom is -0.494 e. The quantitative estimate of drug-likeness (QED) is 0.724. The van der Waals surface area contributed by atoms with Gasteiger partial charge in [-0.3, -0.25) is 4.79 Å². The van der Waals surface area contributed by atoms with Crippen molar-refractivity contribution in [3.8, 4) is 5.75 Å². The Labute approximate surface area is 126 Å². The van der Waals surface area contributed by atoms with Gasteiger partial charge in [0.25, 0.3) is 5.91 Å². The molecule has 1 aliphatic rings. The molecule has 2 N–H and O–H groups in total. The first-order valence-electron chi connectivity index (χ1n) is 7.75. The van der Waals surface area contributed by atoms with Gasteiger partial charge in [-0.25, -0.2) is 0 Å². The third kappa shape index (κ3) is 4.21. The van der Waals surface area contributed by atoms with Crippen molar-refractivity contribution in [2.24, 2.45) is 5.92 Å². The van der Waals surface area contributed by atoms with Gasteiger partial charge in [0.1, 0.15) is 5.75 Å². The Kier molecular flexibility index (Phi) is 5.23. The third-order valence-electron chi connectivity index (χ3n) is 4.09. The maximum atomic E-state index is 12.3. The van der Waals surface area contributed by atoms with Gasteiger partial charge in [0.15, 0.2) is 0 Å². The predicted molar refractivity (Wildman–Crippen MR) is 82.5 cm³/mol. The van der Waals surface area contributed by atoms with Gasteiger partial charge in [-0.2, -0.15) is 0 Å². The highest BCUT2D eigenvalue weighted by Gasteiger charge is 2.42. The summed E-state index contributed by atoms with van der Waals surface area (Å²) in [6.45, 7) is 4.70. The minimum atomic E-state index is -0.507. The smallest absolute Gasteiger partial charge is 0.251 e. The first kappa shape index (κ1) is 15.8. The van der Waals surface area contributed by atoms with Gasteiger partial charge >= 0.3 is 0 Å². The largest absolute Gasteiger partial charge is 0.494 e. The number of aliphatic hydroxyl groups excluding tert-OH is 1. The standard InChI is InChI=1S/C17H25NO3/c1-3-4-11-21-15-9-5-13(6-10-15)16(20)18-17(2,12-19)14-7-8-14/h5-6,9-10,14,19H,3-4,7-8,11-12H2,1-2H3,(H,18,20). The topological polar surface area (TPSA) is 58.6 Å². The summed E-state index contributed by atoms with van der Waals surface area (Å²) in [6, 6.07) is 7.17. The number of unbranched alkanes of at least 4 members (excludes halogenated alkanes) is 1. The average Bonchev–Trinajstić information content (AvgIpc) is 3.33. The molecule has 1 aromatic carbocycles. The summed E-state index contributed by atoms with van der Waals surface area (Å²) in [5, 5.41) is 12.5. The molecule has 0 aromatic heterocycles. The van der Waals surface area contributed by atoms with Crippen molar-refractivity contribution in [2.75, 3.05) is 13.2 Å². The molecule has 0 heterocycles. The zero-order chi connectivity index (χ0) is 15.3. The summed E-state index contributed by atoms with van der Waals surface area (Å²) in [4.78, 5) is 12.3. The molecular formula is C17H25NO3. The van der Waals surface area contributed by atoms with Crippen LogP contribution in [0.1, 0.15) is 49.9 Å². The van der Waals surface area contributed by atoms with E-state index in [1.165, 1.54) is 0 Å². The second-order valence-corrected chi connectivity index (χ2v) is 6.03. The van der Waals surface area contributed by atoms with E-state index in [1.807, 2.05) is 19.1 Å². The molecule has 0 aliphatic heterocycles. The minimum absolute atomic E-state index is 0.0262. The van der Waals surface area contributed by atoms with Crippen LogP contribution >= 0.6 is 0 Å². The molecule has 116 valence electrons. The maximum absolute atomic E-state index is 12.3. The lowest BCUT2D eigenvalue weighted by molar-refractivity contribution is 0.0824. The van der Waals surface area contributed by atoms with Crippen molar-refractivity contribution in [3.63, 3.8) is 0 Å². The summed E-state index contributed by atoms with van der Waals surface area (Å²) in [7, 11) is 0. The Balaban J connectivity index is 1.93. The average molecular weight is 291 g/mol. The van der Waals surface area contributed by atoms with Crippen molar-refractivity contribution < 1.29 is 14.6 Å². The van der Waals surface area contributed by atoms with Crippen LogP contribution < -0.4 is 10.1 Å². The lowest BCUT2D eigenvalue weighted by atomic mass is 9.96. The number of benzene rings is 1. The summed E-state index contributed by atoms with van der Waals surface area (Å²) >= 11 is 0. The fraction of sp³-hybridized carbons (Fsp3) is 0.588. The van der Waals surface area contributed by atoms with Crippen LogP contribution in [0.4, 0.5) is 0 Å². The zero-order valence-corrected chi connectivity index (χ0v) is 12.9. The van der Waals surface area contributed by atoms with Crippen LogP contribution in [0.25, 0.3) is 0 Å². The molecule has 1 atom stereocenters. The van der Waals surface area contributed by atoms with Crippen molar-refractivity contribution in [3.05, 3.63) is 29.8 Å². The maximum Gasteiger partial charge on any atom is 0.251 e. The molecule has 1 fully saturated rings. The second-order valence-electron chi connectivity index (χ2n) is 6.03. The summed E-state index contributed by atoms with van der Waals surface area (Å²) in [6.07, 6.45) is 4.27. The summed E-state index contributed by atoms with van der Waals surface area (Å²) in [5.41, 5.74) is 0.0890. The van der Waals surface area contributed by atoms with Crippen LogP contribution in [0.5, 0.6) is 5.75 Å². The SMILES string of the molecule is CCCCOc1ccc(C(=O)NC(C)(CO)C2CC2)cc1. The van der Waals surface area contributed by atoms with E-state index in [0.29, 0.717) is 18.1 Å². The lowest BCUT2D eigenvalue weighted by Gasteiger charge is -2.28. The molecule has 2 rings (SSSR count). The Bertz CT molecular complexity index is 467. The molecule has 1 aliphatic carbocycles. The molecular weight excluding hydrogens is 266 g/mol. The number of rotatable bonds is 8. The molecule has 1 aromatic rings. The van der Waals surface area contributed by atoms with E-state index in [1.54, 1.807) is 12.1 Å². The number of aliphatic hydroxyl groups is 1. The van der Waals surface area contributed by atoms with Crippen molar-refractivity contribution in [1.82, 2.24) is 5.32 Å². The third-order valence-corrected chi connectivity index (χ3v) is 4.09. The molecule has 1 unspecified atom stereocenters. The number of amides is 1. The molecule has 0 saturated heterocycles. The normalized spacial score (nSPS) is 17.1. The van der Waals surface area contributed by atoms with Gasteiger partial charge < -0.3 is 15.2 Å². The first-order valence-corrected chi connectivity index (χ1v) is 7.75. The zero-order valence-electron chi connectivity index (χ0n) is 12.9. The van der Waals surface area contributed by atoms with Crippen LogP contribution in [0, 0.1) is 5.92 Å². The Morgan fingerprint density at radius 1 is 1.38 bits per heavy atom. The Hall–Kier alpha value is -1.55. The molecule has 1 saturated carbocycles. The number of carbonyl (C=O) groups is 1. The van der Waals surface area contributed by atoms with Crippen molar-refractivity contribution in [1.29, 1.82) is 0 Å². The van der Waals surface area contributed by atoms with Crippen molar-refractivity contribution in [2.45, 2.75) is 45.1 Å². The van der Waals surface area contributed by atoms with E-state index in [0.717, 1.165) is 31.4 Å². The highest BCUT2D eigenvalue weighted by Crippen LogP contribution is 2.39. The van der Waals surface area contributed by atoms with Crippen LogP contribution in [0.3, 0.4) is 0 Å². The molecule has 4 heteroatoms. The first-order chi connectivity index (χ1) is 10.1. The van der Waals surface area contributed by atoms with E-state index in [4.69, 9.17) is 4.74 Å². The molecule has 0 spiro atoms. The van der Waals surface area contributed by atoms with Gasteiger partial charge in [-0.05, 0) is 56.4 Å². The lowest BCUT2D eigenvalue weighted by Crippen LogP contribution is -2.50. The molecule has 21 heavy (non-hydrogen) atoms. The van der Waals surface area contributed by atoms with Gasteiger partial charge in [0.05, 0.1) is 18.8 Å². The van der Waals surface area contributed by atoms with E-state index in [-0.39, 0.29) is 12.5 Å². The molecule has 0 bridgehead atoms. The highest BCUT2D eigenvalue weighted by molar-refractivity contribution is 5.94. The van der Waals surface area contributed by atoms with Gasteiger partial charge in [-0.15, -0.1) is 0 Å². The molecule has 0 radical (unpaired) electrons. The molecule has 1 amide bonds. The number of carbonyl (C=O) groups excluding carboxylic acids is 1. The second kappa shape index (κ2) is 6.94. The highest BCUT2D eigenvalue weighted by atomic mass is 16.5. The number of ether oxygens (including phenoxy) is 1. The van der Waals surface area contributed by atoms with E-state index < -0.39 is 5.54 Å². The van der Waals surface area contributed by atoms with Crippen LogP contribution in [-0.4, -0.2) is 29.8 Å². The van der Waals surface area contributed by atoms with Gasteiger partial charge in [-0.1, -0.05) is 13.3 Å². The van der Waals surface area contributed by atoms with E-state index in [2.05, 4.69) is 12.2 Å². The Morgan fingerprint density at radius 2 is 2.05 bits per heavy atom. The van der Waals surface area contributed by atoms with Gasteiger partial charge in [0, 0.05) is 5.56 Å². The predicted octanol–water partition coefficient (Wildman–Crippen LogP) is 2.76. The van der Waals surface area contributed by atoms with E-state index in [9.17, 15) is 9.90 Å². The van der Waals surface area contributed by atoms with Crippen LogP contribution in [0.2, 0.25) is 0 Å². The van der Waals surface area contributed by atoms with Crippen LogP contribution in [0.15, 0.2) is 24.3 Å². The fourth-order valence-electron chi connectivity index (χ4n) is 2.36. The number of hydrogen-bond donors (Lipinski definition) is 2.